The Morgan fingerprint density at radius 3 is 2.47 bits per heavy atom. The van der Waals surface area contributed by atoms with Gasteiger partial charge in [-0.05, 0) is 20.3 Å². The molecule has 1 rings (SSSR count). The molecule has 1 aromatic rings. The third kappa shape index (κ3) is 4.42. The average Bonchev–Trinajstić information content (AvgIpc) is 2.25. The van der Waals surface area contributed by atoms with Crippen LogP contribution in [0.5, 0.6) is 6.01 Å². The molecule has 6 heteroatoms. The minimum Gasteiger partial charge on any atom is -0.461 e. The van der Waals surface area contributed by atoms with Crippen molar-refractivity contribution in [3.8, 4) is 6.01 Å². The maximum Gasteiger partial charge on any atom is 0.323 e. The molecule has 96 valence electrons. The molecule has 0 amide bonds. The highest BCUT2D eigenvalue weighted by atomic mass is 16.5. The fourth-order valence-electron chi connectivity index (χ4n) is 1.13. The quantitative estimate of drug-likeness (QED) is 0.812. The second-order valence-electron chi connectivity index (χ2n) is 4.23. The molecule has 0 bridgehead atoms. The summed E-state index contributed by atoms with van der Waals surface area (Å²) in [7, 11) is 3.77. The zero-order valence-corrected chi connectivity index (χ0v) is 11.2. The van der Waals surface area contributed by atoms with E-state index in [1.807, 2.05) is 32.8 Å². The van der Waals surface area contributed by atoms with Crippen molar-refractivity contribution in [2.24, 2.45) is 0 Å². The molecule has 6 nitrogen and oxygen atoms in total. The number of nitrogens with zero attached hydrogens (tertiary/aromatic N) is 4. The van der Waals surface area contributed by atoms with Gasteiger partial charge in [-0.25, -0.2) is 0 Å². The van der Waals surface area contributed by atoms with Crippen molar-refractivity contribution < 1.29 is 4.74 Å². The first-order chi connectivity index (χ1) is 8.02. The summed E-state index contributed by atoms with van der Waals surface area (Å²) < 4.78 is 5.50. The van der Waals surface area contributed by atoms with Crippen LogP contribution in [-0.2, 0) is 0 Å². The number of nitrogens with one attached hydrogen (secondary N) is 1. The lowest BCUT2D eigenvalue weighted by atomic mass is 10.5. The van der Waals surface area contributed by atoms with Crippen LogP contribution >= 0.6 is 0 Å². The summed E-state index contributed by atoms with van der Waals surface area (Å²) in [5, 5.41) is 3.13. The molecule has 0 aliphatic heterocycles. The predicted molar refractivity (Wildman–Crippen MR) is 68.7 cm³/mol. The van der Waals surface area contributed by atoms with Crippen LogP contribution in [0, 0.1) is 0 Å². The third-order valence-corrected chi connectivity index (χ3v) is 1.88. The molecule has 0 spiro atoms. The van der Waals surface area contributed by atoms with Crippen LogP contribution in [0.25, 0.3) is 0 Å². The fraction of sp³-hybridized carbons (Fsp3) is 0.727. The highest BCUT2D eigenvalue weighted by molar-refractivity contribution is 5.36. The number of hydrogen-bond donors (Lipinski definition) is 1. The van der Waals surface area contributed by atoms with E-state index >= 15 is 0 Å². The van der Waals surface area contributed by atoms with Gasteiger partial charge in [0.15, 0.2) is 0 Å². The van der Waals surface area contributed by atoms with Gasteiger partial charge in [0, 0.05) is 20.6 Å². The van der Waals surface area contributed by atoms with Crippen molar-refractivity contribution in [2.45, 2.75) is 33.3 Å². The van der Waals surface area contributed by atoms with E-state index in [0.29, 0.717) is 17.9 Å². The highest BCUT2D eigenvalue weighted by Gasteiger charge is 2.09. The lowest BCUT2D eigenvalue weighted by Gasteiger charge is -2.14. The average molecular weight is 239 g/mol. The standard InChI is InChI=1S/C11H21N5O/c1-6-7-12-9-13-10(16(4)5)15-11(14-9)17-8(2)3/h8H,6-7H2,1-5H3,(H,12,13,14,15). The van der Waals surface area contributed by atoms with E-state index in [4.69, 9.17) is 4.74 Å². The van der Waals surface area contributed by atoms with Crippen molar-refractivity contribution in [2.75, 3.05) is 30.9 Å². The molecule has 0 aliphatic carbocycles. The molecule has 0 aliphatic rings. The first-order valence-electron chi connectivity index (χ1n) is 5.86. The Morgan fingerprint density at radius 2 is 1.94 bits per heavy atom. The lowest BCUT2D eigenvalue weighted by Crippen LogP contribution is -2.17. The van der Waals surface area contributed by atoms with Gasteiger partial charge in [-0.2, -0.15) is 15.0 Å². The molecule has 1 N–H and O–H groups in total. The van der Waals surface area contributed by atoms with Crippen LogP contribution in [0.3, 0.4) is 0 Å². The molecule has 0 unspecified atom stereocenters. The van der Waals surface area contributed by atoms with Crippen molar-refractivity contribution >= 4 is 11.9 Å². The summed E-state index contributed by atoms with van der Waals surface area (Å²) in [6.45, 7) is 6.81. The molecular formula is C11H21N5O. The Bertz CT molecular complexity index is 354. The molecule has 0 saturated heterocycles. The molecule has 0 saturated carbocycles. The summed E-state index contributed by atoms with van der Waals surface area (Å²) >= 11 is 0. The van der Waals surface area contributed by atoms with Crippen molar-refractivity contribution in [1.29, 1.82) is 0 Å². The Balaban J connectivity index is 2.92. The molecule has 0 radical (unpaired) electrons. The van der Waals surface area contributed by atoms with Crippen LogP contribution < -0.4 is 15.0 Å². The lowest BCUT2D eigenvalue weighted by molar-refractivity contribution is 0.222. The summed E-state index contributed by atoms with van der Waals surface area (Å²) in [5.41, 5.74) is 0. The SMILES string of the molecule is CCCNc1nc(OC(C)C)nc(N(C)C)n1. The third-order valence-electron chi connectivity index (χ3n) is 1.88. The van der Waals surface area contributed by atoms with E-state index in [1.165, 1.54) is 0 Å². The zero-order valence-electron chi connectivity index (χ0n) is 11.2. The highest BCUT2D eigenvalue weighted by Crippen LogP contribution is 2.14. The zero-order chi connectivity index (χ0) is 12.8. The maximum absolute atomic E-state index is 5.50. The summed E-state index contributed by atoms with van der Waals surface area (Å²) in [6, 6.07) is 0.359. The van der Waals surface area contributed by atoms with E-state index in [2.05, 4.69) is 27.2 Å². The van der Waals surface area contributed by atoms with Gasteiger partial charge in [-0.3, -0.25) is 0 Å². The van der Waals surface area contributed by atoms with Crippen LogP contribution in [0.4, 0.5) is 11.9 Å². The van der Waals surface area contributed by atoms with Gasteiger partial charge in [-0.1, -0.05) is 6.92 Å². The molecule has 0 fully saturated rings. The van der Waals surface area contributed by atoms with Crippen LogP contribution in [-0.4, -0.2) is 41.7 Å². The topological polar surface area (TPSA) is 63.2 Å². The minimum absolute atomic E-state index is 0.0476. The number of hydrogen-bond acceptors (Lipinski definition) is 6. The van der Waals surface area contributed by atoms with Gasteiger partial charge >= 0.3 is 6.01 Å². The number of rotatable bonds is 6. The monoisotopic (exact) mass is 239 g/mol. The fourth-order valence-corrected chi connectivity index (χ4v) is 1.13. The first kappa shape index (κ1) is 13.5. The minimum atomic E-state index is 0.0476. The van der Waals surface area contributed by atoms with E-state index < -0.39 is 0 Å². The Labute approximate surface area is 102 Å². The second-order valence-corrected chi connectivity index (χ2v) is 4.23. The molecule has 0 atom stereocenters. The van der Waals surface area contributed by atoms with E-state index in [-0.39, 0.29) is 6.10 Å². The van der Waals surface area contributed by atoms with Crippen molar-refractivity contribution in [3.63, 3.8) is 0 Å². The van der Waals surface area contributed by atoms with Crippen LogP contribution in [0.15, 0.2) is 0 Å². The van der Waals surface area contributed by atoms with Crippen LogP contribution in [0.1, 0.15) is 27.2 Å². The molecule has 17 heavy (non-hydrogen) atoms. The molecule has 1 heterocycles. The summed E-state index contributed by atoms with van der Waals surface area (Å²) in [6.07, 6.45) is 1.06. The Morgan fingerprint density at radius 1 is 1.24 bits per heavy atom. The Hall–Kier alpha value is -1.59. The van der Waals surface area contributed by atoms with Crippen LogP contribution in [0.2, 0.25) is 0 Å². The van der Waals surface area contributed by atoms with E-state index in [0.717, 1.165) is 13.0 Å². The molecule has 0 aromatic carbocycles. The van der Waals surface area contributed by atoms with E-state index in [9.17, 15) is 0 Å². The number of aromatic nitrogens is 3. The summed E-state index contributed by atoms with van der Waals surface area (Å²) in [5.74, 6) is 1.15. The van der Waals surface area contributed by atoms with Crippen molar-refractivity contribution in [3.05, 3.63) is 0 Å². The van der Waals surface area contributed by atoms with E-state index in [1.54, 1.807) is 0 Å². The smallest absolute Gasteiger partial charge is 0.323 e. The normalized spacial score (nSPS) is 10.5. The second kappa shape index (κ2) is 6.22. The van der Waals surface area contributed by atoms with Crippen molar-refractivity contribution in [1.82, 2.24) is 15.0 Å². The number of ether oxygens (including phenoxy) is 1. The maximum atomic E-state index is 5.50. The van der Waals surface area contributed by atoms with Gasteiger partial charge in [0.2, 0.25) is 11.9 Å². The van der Waals surface area contributed by atoms with Gasteiger partial charge in [0.1, 0.15) is 0 Å². The predicted octanol–water partition coefficient (Wildman–Crippen LogP) is 1.55. The van der Waals surface area contributed by atoms with Gasteiger partial charge in [-0.15, -0.1) is 0 Å². The molecule has 1 aromatic heterocycles. The first-order valence-corrected chi connectivity index (χ1v) is 5.86. The molecular weight excluding hydrogens is 218 g/mol. The summed E-state index contributed by atoms with van der Waals surface area (Å²) in [4.78, 5) is 14.5. The van der Waals surface area contributed by atoms with Gasteiger partial charge in [0.05, 0.1) is 6.10 Å². The van der Waals surface area contributed by atoms with Gasteiger partial charge < -0.3 is 15.0 Å². The largest absolute Gasteiger partial charge is 0.461 e. The number of anilines is 2. The van der Waals surface area contributed by atoms with Gasteiger partial charge in [0.25, 0.3) is 0 Å². The Kier molecular flexibility index (Phi) is 4.93.